The Kier molecular flexibility index (Phi) is 5.76. The Morgan fingerprint density at radius 1 is 1.32 bits per heavy atom. The van der Waals surface area contributed by atoms with Crippen molar-refractivity contribution < 1.29 is 9.13 Å². The number of hydrogen-bond acceptors (Lipinski definition) is 3. The minimum Gasteiger partial charge on any atom is -0.379 e. The highest BCUT2D eigenvalue weighted by atomic mass is 19.1. The van der Waals surface area contributed by atoms with Gasteiger partial charge in [-0.1, -0.05) is 18.2 Å². The fourth-order valence-corrected chi connectivity index (χ4v) is 2.36. The van der Waals surface area contributed by atoms with Crippen LogP contribution in [0.15, 0.2) is 24.3 Å². The molecule has 0 amide bonds. The van der Waals surface area contributed by atoms with Crippen LogP contribution >= 0.6 is 0 Å². The second-order valence-corrected chi connectivity index (χ2v) is 5.10. The lowest BCUT2D eigenvalue weighted by Crippen LogP contribution is -2.42. The summed E-state index contributed by atoms with van der Waals surface area (Å²) in [6.07, 6.45) is 0.732. The third-order valence-corrected chi connectivity index (χ3v) is 3.51. The van der Waals surface area contributed by atoms with E-state index >= 15 is 0 Å². The van der Waals surface area contributed by atoms with Gasteiger partial charge in [0.2, 0.25) is 0 Å². The highest BCUT2D eigenvalue weighted by Gasteiger charge is 2.11. The Labute approximate surface area is 114 Å². The summed E-state index contributed by atoms with van der Waals surface area (Å²) < 4.78 is 18.8. The second-order valence-electron chi connectivity index (χ2n) is 5.10. The van der Waals surface area contributed by atoms with Gasteiger partial charge < -0.3 is 10.1 Å². The molecule has 1 aliphatic heterocycles. The summed E-state index contributed by atoms with van der Waals surface area (Å²) in [6, 6.07) is 7.29. The maximum Gasteiger partial charge on any atom is 0.126 e. The molecule has 0 radical (unpaired) electrons. The number of halogens is 1. The van der Waals surface area contributed by atoms with Crippen molar-refractivity contribution in [1.82, 2.24) is 10.2 Å². The van der Waals surface area contributed by atoms with Gasteiger partial charge in [0.25, 0.3) is 0 Å². The molecule has 0 aromatic heterocycles. The number of hydrogen-bond donors (Lipinski definition) is 1. The number of benzene rings is 1. The number of morpholine rings is 1. The van der Waals surface area contributed by atoms with E-state index in [1.54, 1.807) is 6.07 Å². The quantitative estimate of drug-likeness (QED) is 0.848. The fraction of sp³-hybridized carbons (Fsp3) is 0.600. The lowest BCUT2D eigenvalue weighted by molar-refractivity contribution is 0.0382. The zero-order valence-corrected chi connectivity index (χ0v) is 11.6. The Bertz CT molecular complexity index is 380. The lowest BCUT2D eigenvalue weighted by Gasteiger charge is -2.27. The smallest absolute Gasteiger partial charge is 0.126 e. The molecule has 1 fully saturated rings. The van der Waals surface area contributed by atoms with Crippen LogP contribution in [0.5, 0.6) is 0 Å². The summed E-state index contributed by atoms with van der Waals surface area (Å²) in [5.41, 5.74) is 0.786. The van der Waals surface area contributed by atoms with Crippen LogP contribution in [0, 0.1) is 5.82 Å². The molecule has 1 atom stereocenters. The van der Waals surface area contributed by atoms with Crippen LogP contribution in [0.3, 0.4) is 0 Å². The largest absolute Gasteiger partial charge is 0.379 e. The molecule has 1 aromatic rings. The average Bonchev–Trinajstić information content (AvgIpc) is 2.43. The molecule has 0 unspecified atom stereocenters. The average molecular weight is 266 g/mol. The van der Waals surface area contributed by atoms with E-state index in [0.29, 0.717) is 0 Å². The van der Waals surface area contributed by atoms with Gasteiger partial charge in [-0.25, -0.2) is 4.39 Å². The van der Waals surface area contributed by atoms with Crippen molar-refractivity contribution in [3.8, 4) is 0 Å². The summed E-state index contributed by atoms with van der Waals surface area (Å²) in [7, 11) is 0. The lowest BCUT2D eigenvalue weighted by atomic mass is 10.1. The molecule has 1 saturated heterocycles. The Hall–Kier alpha value is -0.970. The maximum absolute atomic E-state index is 13.5. The molecule has 1 N–H and O–H groups in total. The highest BCUT2D eigenvalue weighted by Crippen LogP contribution is 2.08. The van der Waals surface area contributed by atoms with E-state index in [1.165, 1.54) is 6.07 Å². The van der Waals surface area contributed by atoms with Crippen molar-refractivity contribution in [2.75, 3.05) is 39.4 Å². The highest BCUT2D eigenvalue weighted by molar-refractivity contribution is 5.18. The van der Waals surface area contributed by atoms with Gasteiger partial charge in [-0.15, -0.1) is 0 Å². The van der Waals surface area contributed by atoms with Crippen LogP contribution in [0.1, 0.15) is 12.5 Å². The van der Waals surface area contributed by atoms with Crippen LogP contribution in [0.4, 0.5) is 4.39 Å². The Morgan fingerprint density at radius 2 is 2.05 bits per heavy atom. The van der Waals surface area contributed by atoms with Crippen molar-refractivity contribution >= 4 is 0 Å². The monoisotopic (exact) mass is 266 g/mol. The molecule has 1 heterocycles. The topological polar surface area (TPSA) is 24.5 Å². The number of rotatable bonds is 6. The molecular weight excluding hydrogens is 243 g/mol. The number of nitrogens with zero attached hydrogens (tertiary/aromatic N) is 1. The summed E-state index contributed by atoms with van der Waals surface area (Å²) in [5, 5.41) is 3.46. The molecule has 0 saturated carbocycles. The van der Waals surface area contributed by atoms with E-state index in [4.69, 9.17) is 4.74 Å². The van der Waals surface area contributed by atoms with Gasteiger partial charge in [-0.2, -0.15) is 0 Å². The van der Waals surface area contributed by atoms with Crippen LogP contribution in [-0.2, 0) is 11.2 Å². The molecule has 1 aliphatic rings. The normalized spacial score (nSPS) is 18.4. The molecule has 106 valence electrons. The zero-order valence-electron chi connectivity index (χ0n) is 11.6. The van der Waals surface area contributed by atoms with Crippen molar-refractivity contribution in [2.24, 2.45) is 0 Å². The van der Waals surface area contributed by atoms with E-state index in [2.05, 4.69) is 17.1 Å². The molecule has 0 aliphatic carbocycles. The van der Waals surface area contributed by atoms with Gasteiger partial charge in [0.15, 0.2) is 0 Å². The molecule has 3 nitrogen and oxygen atoms in total. The zero-order chi connectivity index (χ0) is 13.5. The van der Waals surface area contributed by atoms with Gasteiger partial charge in [-0.3, -0.25) is 4.90 Å². The van der Waals surface area contributed by atoms with E-state index in [1.807, 2.05) is 12.1 Å². The first-order valence-electron chi connectivity index (χ1n) is 7.02. The van der Waals surface area contributed by atoms with Crippen molar-refractivity contribution in [3.63, 3.8) is 0 Å². The first-order chi connectivity index (χ1) is 9.25. The van der Waals surface area contributed by atoms with E-state index in [0.717, 1.165) is 51.4 Å². The predicted molar refractivity (Wildman–Crippen MR) is 74.8 cm³/mol. The third kappa shape index (κ3) is 4.90. The SMILES string of the molecule is C[C@@H](Cc1ccccc1F)NCCN1CCOCC1. The molecule has 1 aromatic carbocycles. The van der Waals surface area contributed by atoms with E-state index in [-0.39, 0.29) is 11.9 Å². The predicted octanol–water partition coefficient (Wildman–Crippen LogP) is 1.68. The second kappa shape index (κ2) is 7.58. The third-order valence-electron chi connectivity index (χ3n) is 3.51. The summed E-state index contributed by atoms with van der Waals surface area (Å²) >= 11 is 0. The van der Waals surface area contributed by atoms with Crippen LogP contribution in [-0.4, -0.2) is 50.3 Å². The van der Waals surface area contributed by atoms with Gasteiger partial charge >= 0.3 is 0 Å². The first-order valence-corrected chi connectivity index (χ1v) is 7.02. The fourth-order valence-electron chi connectivity index (χ4n) is 2.36. The van der Waals surface area contributed by atoms with Crippen LogP contribution in [0.25, 0.3) is 0 Å². The molecule has 4 heteroatoms. The van der Waals surface area contributed by atoms with Gasteiger partial charge in [0.05, 0.1) is 13.2 Å². The number of ether oxygens (including phenoxy) is 1. The van der Waals surface area contributed by atoms with Gasteiger partial charge in [-0.05, 0) is 25.0 Å². The maximum atomic E-state index is 13.5. The summed E-state index contributed by atoms with van der Waals surface area (Å²) in [4.78, 5) is 2.40. The van der Waals surface area contributed by atoms with Gasteiger partial charge in [0.1, 0.15) is 5.82 Å². The molecule has 0 bridgehead atoms. The minimum absolute atomic E-state index is 0.107. The standard InChI is InChI=1S/C15H23FN2O/c1-13(12-14-4-2-3-5-15(14)16)17-6-7-18-8-10-19-11-9-18/h2-5,13,17H,6-12H2,1H3/t13-/m0/s1. The number of nitrogens with one attached hydrogen (secondary N) is 1. The van der Waals surface area contributed by atoms with Crippen LogP contribution in [0.2, 0.25) is 0 Å². The summed E-state index contributed by atoms with van der Waals surface area (Å²) in [6.45, 7) is 7.79. The molecule has 2 rings (SSSR count). The molecule has 19 heavy (non-hydrogen) atoms. The Balaban J connectivity index is 1.67. The minimum atomic E-state index is -0.107. The van der Waals surface area contributed by atoms with Crippen molar-refractivity contribution in [3.05, 3.63) is 35.6 Å². The van der Waals surface area contributed by atoms with E-state index < -0.39 is 0 Å². The van der Waals surface area contributed by atoms with Crippen molar-refractivity contribution in [2.45, 2.75) is 19.4 Å². The molecule has 0 spiro atoms. The summed E-state index contributed by atoms with van der Waals surface area (Å²) in [5.74, 6) is -0.107. The Morgan fingerprint density at radius 3 is 2.79 bits per heavy atom. The van der Waals surface area contributed by atoms with Gasteiger partial charge in [0, 0.05) is 32.2 Å². The molecular formula is C15H23FN2O. The first kappa shape index (κ1) is 14.4. The van der Waals surface area contributed by atoms with E-state index in [9.17, 15) is 4.39 Å². The van der Waals surface area contributed by atoms with Crippen molar-refractivity contribution in [1.29, 1.82) is 0 Å². The van der Waals surface area contributed by atoms with Crippen LogP contribution < -0.4 is 5.32 Å².